The lowest BCUT2D eigenvalue weighted by atomic mass is 9.85. The minimum absolute atomic E-state index is 0.00190. The van der Waals surface area contributed by atoms with Gasteiger partial charge in [-0.3, -0.25) is 86.3 Å². The van der Waals surface area contributed by atoms with Gasteiger partial charge in [-0.2, -0.15) is 0 Å². The summed E-state index contributed by atoms with van der Waals surface area (Å²) in [6, 6.07) is 13.7. The van der Waals surface area contributed by atoms with Gasteiger partial charge >= 0.3 is 0 Å². The number of aromatic amines is 3. The van der Waals surface area contributed by atoms with Gasteiger partial charge in [0.25, 0.3) is 34.4 Å². The Labute approximate surface area is 822 Å². The molecule has 0 bridgehead atoms. The van der Waals surface area contributed by atoms with Gasteiger partial charge in [0.05, 0.1) is 50.1 Å². The zero-order chi connectivity index (χ0) is 106. The summed E-state index contributed by atoms with van der Waals surface area (Å²) >= 11 is 0. The summed E-state index contributed by atoms with van der Waals surface area (Å²) in [7, 11) is 1.71. The molecule has 744 valence electrons. The second-order valence-electron chi connectivity index (χ2n) is 37.4. The van der Waals surface area contributed by atoms with Crippen LogP contribution < -0.4 is 81.8 Å². The van der Waals surface area contributed by atoms with E-state index in [1.807, 2.05) is 64.3 Å². The first-order valence-electron chi connectivity index (χ1n) is 47.8. The van der Waals surface area contributed by atoms with Gasteiger partial charge in [-0.25, -0.2) is 15.0 Å². The Bertz CT molecular complexity index is 9050. The van der Waals surface area contributed by atoms with Gasteiger partial charge in [-0.15, -0.1) is 0 Å². The number of pyridine rings is 6. The highest BCUT2D eigenvalue weighted by molar-refractivity contribution is 6.30. The second-order valence-corrected chi connectivity index (χ2v) is 37.4. The Morgan fingerprint density at radius 1 is 0.326 bits per heavy atom. The van der Waals surface area contributed by atoms with Crippen LogP contribution in [0.3, 0.4) is 0 Å². The van der Waals surface area contributed by atoms with Gasteiger partial charge in [0.2, 0.25) is 50.3 Å². The number of ketones is 6. The zero-order valence-electron chi connectivity index (χ0n) is 84.2. The molecule has 6 aliphatic carbocycles. The number of nitrogens with zero attached hydrogens (tertiary/aromatic N) is 9. The van der Waals surface area contributed by atoms with E-state index in [1.54, 1.807) is 78.5 Å². The van der Waals surface area contributed by atoms with Crippen LogP contribution in [0.1, 0.15) is 297 Å². The van der Waals surface area contributed by atoms with Crippen molar-refractivity contribution < 1.29 is 58.5 Å². The van der Waals surface area contributed by atoms with Crippen molar-refractivity contribution in [3.05, 3.63) is 364 Å². The van der Waals surface area contributed by atoms with Gasteiger partial charge in [0.15, 0.2) is 17.3 Å². The van der Waals surface area contributed by atoms with Crippen molar-refractivity contribution in [2.75, 3.05) is 0 Å². The maximum absolute atomic E-state index is 13.2. The van der Waals surface area contributed by atoms with E-state index in [4.69, 9.17) is 0 Å². The molecular formula is C111H114N12O21. The number of amides is 3. The van der Waals surface area contributed by atoms with E-state index < -0.39 is 51.7 Å². The number of hydrogen-bond acceptors (Lipinski definition) is 21. The van der Waals surface area contributed by atoms with Crippen molar-refractivity contribution in [3.8, 4) is 17.2 Å². The first-order valence-corrected chi connectivity index (χ1v) is 47.8. The SMILES string of the molecule is C=c1cc(C)c2c(O)c3c(c(=O)c=2n1CC)=NC(=O)C=C3C.C=c1cc(C)c2c(O)c3c(c(=O)c=2n1CCC(C)C)=NC(=O)C=C3C.C=c1cc(CC)c2c(O)c3c(c(=O)c=2n1C)=NC(=O)C=C3C.CCCCCCn1c2c(c(C)cc1=O)C(=O)c1c(C)cc(=O)[nH]c1C2=O.CCCCCn1c2c(c(C)cc1=O)C(=O)c1c(C)cc(=O)[nH]c1C2=O.CCCCn1c2c(c(C)cc1=O)C(=O)c1c(C)cc(=O)[nH]c1C2=O. The van der Waals surface area contributed by atoms with Gasteiger partial charge in [0, 0.05) is 126 Å². The van der Waals surface area contributed by atoms with Gasteiger partial charge in [-0.05, 0) is 206 Å². The first-order chi connectivity index (χ1) is 68.0. The Morgan fingerprint density at radius 2 is 0.639 bits per heavy atom. The topological polar surface area (TPSA) is 482 Å². The summed E-state index contributed by atoms with van der Waals surface area (Å²) in [6.45, 7) is 47.0. The fourth-order valence-corrected chi connectivity index (χ4v) is 19.7. The van der Waals surface area contributed by atoms with E-state index in [0.717, 1.165) is 74.5 Å². The Morgan fingerprint density at radius 3 is 0.979 bits per heavy atom. The lowest BCUT2D eigenvalue weighted by Crippen LogP contribution is -2.37. The van der Waals surface area contributed by atoms with Crippen LogP contribution >= 0.6 is 0 Å². The van der Waals surface area contributed by atoms with E-state index >= 15 is 0 Å². The average molecular weight is 1950 g/mol. The third-order valence-electron chi connectivity index (χ3n) is 26.7. The van der Waals surface area contributed by atoms with Crippen molar-refractivity contribution in [2.24, 2.45) is 27.9 Å². The quantitative estimate of drug-likeness (QED) is 0.0463. The molecular weight excluding hydrogens is 1840 g/mol. The van der Waals surface area contributed by atoms with E-state index in [9.17, 15) is 102 Å². The van der Waals surface area contributed by atoms with Gasteiger partial charge in [-0.1, -0.05) is 99.8 Å². The van der Waals surface area contributed by atoms with Crippen LogP contribution in [-0.4, -0.2) is 110 Å². The van der Waals surface area contributed by atoms with Crippen LogP contribution in [0.25, 0.3) is 36.5 Å². The summed E-state index contributed by atoms with van der Waals surface area (Å²) in [5.74, 6) is -3.35. The van der Waals surface area contributed by atoms with E-state index in [-0.39, 0.29) is 151 Å². The van der Waals surface area contributed by atoms with Crippen molar-refractivity contribution >= 4 is 88.9 Å². The summed E-state index contributed by atoms with van der Waals surface area (Å²) in [4.78, 5) is 244. The minimum atomic E-state index is -0.481. The summed E-state index contributed by atoms with van der Waals surface area (Å²) in [5.41, 5.74) is 6.41. The number of carbonyl (C=O) groups is 9. The molecule has 144 heavy (non-hydrogen) atoms. The fraction of sp³-hybridized carbons (Fsp3) is 0.324. The maximum Gasteiger partial charge on any atom is 0.270 e. The molecule has 6 aliphatic heterocycles. The maximum atomic E-state index is 13.2. The molecule has 0 saturated carbocycles. The Hall–Kier alpha value is -16.4. The molecule has 0 aromatic carbocycles. The minimum Gasteiger partial charge on any atom is -0.507 e. The third-order valence-corrected chi connectivity index (χ3v) is 26.7. The van der Waals surface area contributed by atoms with Crippen molar-refractivity contribution in [3.63, 3.8) is 0 Å². The third kappa shape index (κ3) is 19.1. The first kappa shape index (κ1) is 105. The number of H-pyrrole nitrogens is 3. The molecule has 0 unspecified atom stereocenters. The number of hydrogen-bond donors (Lipinski definition) is 6. The molecule has 0 atom stereocenters. The fourth-order valence-electron chi connectivity index (χ4n) is 19.7. The second kappa shape index (κ2) is 41.8. The Balaban J connectivity index is 0.000000145. The van der Waals surface area contributed by atoms with Crippen LogP contribution in [0.15, 0.2) is 131 Å². The molecule has 18 rings (SSSR count). The predicted molar refractivity (Wildman–Crippen MR) is 544 cm³/mol. The lowest BCUT2D eigenvalue weighted by molar-refractivity contribution is -0.114. The summed E-state index contributed by atoms with van der Waals surface area (Å²) < 4.78 is 9.32. The van der Waals surface area contributed by atoms with Crippen molar-refractivity contribution in [1.82, 2.24) is 42.4 Å². The predicted octanol–water partition coefficient (Wildman–Crippen LogP) is 8.90. The normalized spacial score (nSPS) is 13.3. The highest BCUT2D eigenvalue weighted by Crippen LogP contribution is 2.35. The molecule has 3 amide bonds. The summed E-state index contributed by atoms with van der Waals surface area (Å²) in [6.07, 6.45) is 13.5. The molecule has 0 radical (unpaired) electrons. The number of allylic oxidation sites excluding steroid dienone is 3. The molecule has 33 heteroatoms. The molecule has 0 fully saturated rings. The van der Waals surface area contributed by atoms with Crippen LogP contribution in [-0.2, 0) is 60.6 Å². The number of unbranched alkanes of at least 4 members (excludes halogenated alkanes) is 6. The number of aromatic nitrogens is 9. The van der Waals surface area contributed by atoms with Gasteiger partial charge < -0.3 is 57.7 Å². The van der Waals surface area contributed by atoms with Crippen LogP contribution in [0.4, 0.5) is 0 Å². The molecule has 6 aromatic rings. The summed E-state index contributed by atoms with van der Waals surface area (Å²) in [5, 5.41) is 36.9. The number of fused-ring (bicyclic) bond motifs is 9. The number of carbonyl (C=O) groups excluding carboxylic acids is 9. The molecule has 12 heterocycles. The average Bonchev–Trinajstić information content (AvgIpc) is 0.764. The molecule has 12 aliphatic rings. The van der Waals surface area contributed by atoms with E-state index in [2.05, 4.69) is 70.4 Å². The molecule has 6 N–H and O–H groups in total. The van der Waals surface area contributed by atoms with E-state index in [1.165, 1.54) is 68.3 Å². The van der Waals surface area contributed by atoms with Crippen LogP contribution in [0.5, 0.6) is 17.2 Å². The monoisotopic (exact) mass is 1950 g/mol. The number of rotatable bonds is 17. The largest absolute Gasteiger partial charge is 0.507 e. The molecule has 0 saturated heterocycles. The van der Waals surface area contributed by atoms with E-state index in [0.29, 0.717) is 166 Å². The highest BCUT2D eigenvalue weighted by Gasteiger charge is 2.40. The van der Waals surface area contributed by atoms with Crippen molar-refractivity contribution in [1.29, 1.82) is 0 Å². The zero-order valence-corrected chi connectivity index (χ0v) is 84.2. The number of nitrogens with one attached hydrogen (secondary N) is 3. The smallest absolute Gasteiger partial charge is 0.270 e. The molecule has 0 spiro atoms. The van der Waals surface area contributed by atoms with Crippen molar-refractivity contribution in [2.45, 2.75) is 228 Å². The van der Waals surface area contributed by atoms with Crippen LogP contribution in [0, 0.1) is 93.0 Å². The lowest BCUT2D eigenvalue weighted by Gasteiger charge is -2.23. The molecule has 6 aromatic heterocycles. The van der Waals surface area contributed by atoms with Crippen LogP contribution in [0.2, 0.25) is 0 Å². The van der Waals surface area contributed by atoms with Gasteiger partial charge in [0.1, 0.15) is 83.5 Å². The number of aryl methyl sites for hydroxylation is 9. The number of aromatic hydroxyl groups is 3. The molecule has 33 nitrogen and oxygen atoms in total. The Kier molecular flexibility index (Phi) is 30.5. The standard InChI is InChI=1S/C20H22N2O4.C20H22N2O3.C19H20N2O4.C18H18N2O4.2C17H16N2O3/c1-4-5-6-7-8-22-14(24)10-12(3)16-18(22)20(26)17-15(19(16)25)11(2)9-13(23)21-17;1-10(2)6-7-22-13(5)8-11(3)16-18(22)20(25)17-15(19(16)24)12(4)9-14(23)21-17;1-4-5-6-7-21-13(23)9-11(3)15-17(21)19(25)16-14(18(15)24)10(2)8-12(22)20-16;1-4-5-6-20-12(22)8-10(3)14-16(20)18(24)15-13(17(14)23)9(2)7-11(21)19-15;1-5-10-7-9(3)19(4)15-13(10)16(21)12-8(2)6-11(20)18-14(12)17(15)22;1-5-19-10(4)6-8(2)13-15(19)17(22)14-12(16(13)21)9(3)7-11(20)18-14/h9-10H,4-8H2,1-3H3,(H,21,23);8-10,24H,5-7H2,1-4H3;8-9H,4-7H2,1-3H3,(H,20,22);7-8H,4-6H2,1-3H3,(H,19,21);6-7,21H,3,5H2,1-2,4H3;6-7,21H,4-5H2,1-3H3. The highest BCUT2D eigenvalue weighted by atomic mass is 16.3.